The number of hydrogen-bond acceptors (Lipinski definition) is 3. The number of carbonyl (C=O) groups excluding carboxylic acids is 2. The van der Waals surface area contributed by atoms with E-state index in [1.807, 2.05) is 35.2 Å². The van der Waals surface area contributed by atoms with Gasteiger partial charge in [-0.15, -0.1) is 0 Å². The summed E-state index contributed by atoms with van der Waals surface area (Å²) in [7, 11) is 0. The normalized spacial score (nSPS) is 21.7. The smallest absolute Gasteiger partial charge is 0.353 e. The zero-order valence-corrected chi connectivity index (χ0v) is 17.6. The average Bonchev–Trinajstić information content (AvgIpc) is 3.56. The fourth-order valence-corrected chi connectivity index (χ4v) is 4.38. The predicted octanol–water partition coefficient (Wildman–Crippen LogP) is 4.03. The van der Waals surface area contributed by atoms with Gasteiger partial charge < -0.3 is 10.6 Å². The molecule has 1 aliphatic carbocycles. The van der Waals surface area contributed by atoms with Gasteiger partial charge in [0.05, 0.1) is 12.1 Å². The van der Waals surface area contributed by atoms with Crippen LogP contribution in [-0.4, -0.2) is 42.4 Å². The monoisotopic (exact) mass is 445 g/mol. The van der Waals surface area contributed by atoms with Crippen molar-refractivity contribution >= 4 is 17.5 Å². The predicted molar refractivity (Wildman–Crippen MR) is 115 cm³/mol. The van der Waals surface area contributed by atoms with Crippen LogP contribution < -0.4 is 10.6 Å². The van der Waals surface area contributed by atoms with E-state index in [-0.39, 0.29) is 35.9 Å². The fourth-order valence-electron chi connectivity index (χ4n) is 4.38. The number of anilines is 1. The number of para-hydroxylation sites is 1. The van der Waals surface area contributed by atoms with Crippen LogP contribution in [0.15, 0.2) is 54.6 Å². The quantitative estimate of drug-likeness (QED) is 0.706. The van der Waals surface area contributed by atoms with Gasteiger partial charge in [0.2, 0.25) is 11.8 Å². The molecule has 2 atom stereocenters. The van der Waals surface area contributed by atoms with Gasteiger partial charge in [-0.3, -0.25) is 14.5 Å². The summed E-state index contributed by atoms with van der Waals surface area (Å²) in [6, 6.07) is 14.7. The van der Waals surface area contributed by atoms with E-state index < -0.39 is 17.7 Å². The van der Waals surface area contributed by atoms with E-state index in [2.05, 4.69) is 10.6 Å². The van der Waals surface area contributed by atoms with Crippen molar-refractivity contribution in [1.29, 1.82) is 0 Å². The van der Waals surface area contributed by atoms with Crippen molar-refractivity contribution < 1.29 is 22.8 Å². The lowest BCUT2D eigenvalue weighted by Gasteiger charge is -2.32. The zero-order valence-electron chi connectivity index (χ0n) is 17.6. The molecular weight excluding hydrogens is 419 g/mol. The first kappa shape index (κ1) is 22.3. The molecule has 0 bridgehead atoms. The van der Waals surface area contributed by atoms with E-state index in [4.69, 9.17) is 0 Å². The molecule has 2 amide bonds. The van der Waals surface area contributed by atoms with Crippen LogP contribution in [0.1, 0.15) is 36.3 Å². The first-order valence-electron chi connectivity index (χ1n) is 10.8. The number of amides is 2. The van der Waals surface area contributed by atoms with Crippen LogP contribution >= 0.6 is 0 Å². The van der Waals surface area contributed by atoms with Crippen LogP contribution in [0.3, 0.4) is 0 Å². The summed E-state index contributed by atoms with van der Waals surface area (Å²) in [5.41, 5.74) is 0.313. The van der Waals surface area contributed by atoms with Crippen molar-refractivity contribution in [2.75, 3.05) is 25.0 Å². The maximum absolute atomic E-state index is 13.3. The molecule has 1 saturated carbocycles. The molecule has 0 radical (unpaired) electrons. The standard InChI is InChI=1S/C24H26F3N3O2/c25-24(26,27)21-9-5-4-8-18(21)19-14-20(19)23(32)29-17-10-12-30(13-11-17)15-22(31)28-16-6-2-1-3-7-16/h1-9,17,19-20H,10-15H2,(H,28,31)(H,29,32). The third-order valence-corrected chi connectivity index (χ3v) is 6.15. The Kier molecular flexibility index (Phi) is 6.50. The molecule has 2 unspecified atom stereocenters. The summed E-state index contributed by atoms with van der Waals surface area (Å²) in [5, 5.41) is 5.87. The Labute approximate surface area is 185 Å². The molecule has 2 fully saturated rings. The number of carbonyl (C=O) groups is 2. The lowest BCUT2D eigenvalue weighted by atomic mass is 10.0. The Morgan fingerprint density at radius 2 is 1.62 bits per heavy atom. The maximum Gasteiger partial charge on any atom is 0.416 e. The second kappa shape index (κ2) is 9.32. The Bertz CT molecular complexity index is 956. The third-order valence-electron chi connectivity index (χ3n) is 6.15. The van der Waals surface area contributed by atoms with Gasteiger partial charge in [0.25, 0.3) is 0 Å². The summed E-state index contributed by atoms with van der Waals surface area (Å²) in [4.78, 5) is 26.9. The summed E-state index contributed by atoms with van der Waals surface area (Å²) >= 11 is 0. The van der Waals surface area contributed by atoms with Crippen LogP contribution in [-0.2, 0) is 15.8 Å². The number of piperidine rings is 1. The van der Waals surface area contributed by atoms with E-state index in [1.54, 1.807) is 6.07 Å². The molecule has 2 aliphatic rings. The van der Waals surface area contributed by atoms with Crippen LogP contribution in [0.4, 0.5) is 18.9 Å². The van der Waals surface area contributed by atoms with Crippen LogP contribution in [0.25, 0.3) is 0 Å². The van der Waals surface area contributed by atoms with Gasteiger partial charge in [0.15, 0.2) is 0 Å². The van der Waals surface area contributed by atoms with Crippen LogP contribution in [0.2, 0.25) is 0 Å². The van der Waals surface area contributed by atoms with Crippen LogP contribution in [0, 0.1) is 5.92 Å². The van der Waals surface area contributed by atoms with Crippen LogP contribution in [0.5, 0.6) is 0 Å². The van der Waals surface area contributed by atoms with Crippen molar-refractivity contribution in [3.05, 3.63) is 65.7 Å². The van der Waals surface area contributed by atoms with Crippen molar-refractivity contribution in [3.8, 4) is 0 Å². The van der Waals surface area contributed by atoms with Crippen molar-refractivity contribution in [2.24, 2.45) is 5.92 Å². The molecule has 2 aromatic carbocycles. The molecule has 170 valence electrons. The second-order valence-electron chi connectivity index (χ2n) is 8.51. The summed E-state index contributed by atoms with van der Waals surface area (Å²) in [6.07, 6.45) is -2.56. The Balaban J connectivity index is 1.23. The molecule has 2 aromatic rings. The largest absolute Gasteiger partial charge is 0.416 e. The van der Waals surface area contributed by atoms with E-state index in [9.17, 15) is 22.8 Å². The number of hydrogen-bond donors (Lipinski definition) is 2. The molecule has 0 spiro atoms. The molecule has 1 aliphatic heterocycles. The molecular formula is C24H26F3N3O2. The summed E-state index contributed by atoms with van der Waals surface area (Å²) in [6.45, 7) is 1.64. The zero-order chi connectivity index (χ0) is 22.7. The summed E-state index contributed by atoms with van der Waals surface area (Å²) < 4.78 is 39.8. The third kappa shape index (κ3) is 5.48. The highest BCUT2D eigenvalue weighted by Gasteiger charge is 2.48. The number of likely N-dealkylation sites (tertiary alicyclic amines) is 1. The first-order valence-corrected chi connectivity index (χ1v) is 10.8. The van der Waals surface area contributed by atoms with Gasteiger partial charge in [0.1, 0.15) is 0 Å². The Morgan fingerprint density at radius 3 is 2.31 bits per heavy atom. The van der Waals surface area contributed by atoms with E-state index >= 15 is 0 Å². The highest BCUT2D eigenvalue weighted by Crippen LogP contribution is 2.51. The van der Waals surface area contributed by atoms with Crippen molar-refractivity contribution in [1.82, 2.24) is 10.2 Å². The van der Waals surface area contributed by atoms with Gasteiger partial charge in [0, 0.05) is 30.7 Å². The van der Waals surface area contributed by atoms with Gasteiger partial charge in [-0.2, -0.15) is 13.2 Å². The number of benzene rings is 2. The topological polar surface area (TPSA) is 61.4 Å². The highest BCUT2D eigenvalue weighted by molar-refractivity contribution is 5.92. The fraction of sp³-hybridized carbons (Fsp3) is 0.417. The Morgan fingerprint density at radius 1 is 0.969 bits per heavy atom. The minimum Gasteiger partial charge on any atom is -0.353 e. The number of alkyl halides is 3. The molecule has 4 rings (SSSR count). The second-order valence-corrected chi connectivity index (χ2v) is 8.51. The number of halogens is 3. The van der Waals surface area contributed by atoms with E-state index in [1.165, 1.54) is 12.1 Å². The van der Waals surface area contributed by atoms with Gasteiger partial charge in [-0.25, -0.2) is 0 Å². The minimum absolute atomic E-state index is 0.0185. The average molecular weight is 445 g/mol. The minimum atomic E-state index is -4.42. The SMILES string of the molecule is O=C(CN1CCC(NC(=O)C2CC2c2ccccc2C(F)(F)F)CC1)Nc1ccccc1. The molecule has 32 heavy (non-hydrogen) atoms. The summed E-state index contributed by atoms with van der Waals surface area (Å²) in [5.74, 6) is -1.04. The molecule has 2 N–H and O–H groups in total. The van der Waals surface area contributed by atoms with Gasteiger partial charge in [-0.1, -0.05) is 36.4 Å². The molecule has 1 heterocycles. The lowest BCUT2D eigenvalue weighted by molar-refractivity contribution is -0.138. The highest BCUT2D eigenvalue weighted by atomic mass is 19.4. The van der Waals surface area contributed by atoms with E-state index in [0.29, 0.717) is 32.4 Å². The van der Waals surface area contributed by atoms with Gasteiger partial charge in [-0.05, 0) is 48.9 Å². The molecule has 0 aromatic heterocycles. The lowest BCUT2D eigenvalue weighted by Crippen LogP contribution is -2.47. The van der Waals surface area contributed by atoms with Gasteiger partial charge >= 0.3 is 6.18 Å². The maximum atomic E-state index is 13.3. The number of rotatable bonds is 6. The number of nitrogens with zero attached hydrogens (tertiary/aromatic N) is 1. The van der Waals surface area contributed by atoms with Crippen molar-refractivity contribution in [2.45, 2.75) is 37.4 Å². The van der Waals surface area contributed by atoms with E-state index in [0.717, 1.165) is 11.8 Å². The Hall–Kier alpha value is -2.87. The molecule has 5 nitrogen and oxygen atoms in total. The van der Waals surface area contributed by atoms with Crippen molar-refractivity contribution in [3.63, 3.8) is 0 Å². The molecule has 8 heteroatoms. The first-order chi connectivity index (χ1) is 15.3. The molecule has 1 saturated heterocycles. The number of nitrogens with one attached hydrogen (secondary N) is 2.